The average Bonchev–Trinajstić information content (AvgIpc) is 4.28. The standard InChI is InChI=1S/C68H44N2S2/c1-3-11-45(12-4-1)47-19-23-49(24-20-47)51-27-33-55(34-28-51)69-61-17-9-7-15-57(61)59-43-53(31-37-63(59)69)65-39-41-67(71-65)68-42-40-66(72-68)54-32-38-64-60(44-54)58-16-8-10-18-62(58)70(64)56-35-29-52(30-36-56)50-25-21-48(22-26-50)46-13-5-2-6-14-46/h1-44H. The number of nitrogens with zero attached hydrogens (tertiary/aromatic N) is 2. The van der Waals surface area contributed by atoms with E-state index in [1.165, 1.54) is 119 Å². The molecule has 0 atom stereocenters. The Kier molecular flexibility index (Phi) is 10.3. The molecule has 338 valence electrons. The second-order valence-corrected chi connectivity index (χ2v) is 20.6. The molecule has 0 aliphatic heterocycles. The number of hydrogen-bond donors (Lipinski definition) is 0. The van der Waals surface area contributed by atoms with Gasteiger partial charge in [0.1, 0.15) is 0 Å². The molecule has 0 saturated heterocycles. The van der Waals surface area contributed by atoms with Crippen molar-refractivity contribution in [2.75, 3.05) is 0 Å². The highest BCUT2D eigenvalue weighted by Crippen LogP contribution is 2.44. The van der Waals surface area contributed by atoms with Crippen LogP contribution in [0, 0.1) is 0 Å². The molecule has 0 aliphatic carbocycles. The molecule has 10 aromatic carbocycles. The Bertz CT molecular complexity index is 3990. The van der Waals surface area contributed by atoms with E-state index in [9.17, 15) is 0 Å². The van der Waals surface area contributed by atoms with E-state index in [4.69, 9.17) is 0 Å². The first kappa shape index (κ1) is 42.1. The highest BCUT2D eigenvalue weighted by molar-refractivity contribution is 7.25. The lowest BCUT2D eigenvalue weighted by atomic mass is 10.0. The number of hydrogen-bond acceptors (Lipinski definition) is 2. The summed E-state index contributed by atoms with van der Waals surface area (Å²) in [4.78, 5) is 5.10. The molecule has 72 heavy (non-hydrogen) atoms. The van der Waals surface area contributed by atoms with Crippen LogP contribution in [0.3, 0.4) is 0 Å². The van der Waals surface area contributed by atoms with Gasteiger partial charge in [-0.1, -0.05) is 182 Å². The van der Waals surface area contributed by atoms with Crippen molar-refractivity contribution in [1.82, 2.24) is 9.13 Å². The van der Waals surface area contributed by atoms with Gasteiger partial charge in [0.25, 0.3) is 0 Å². The van der Waals surface area contributed by atoms with Crippen LogP contribution < -0.4 is 0 Å². The van der Waals surface area contributed by atoms with Gasteiger partial charge in [0.05, 0.1) is 22.1 Å². The molecule has 4 heteroatoms. The number of benzene rings is 10. The first-order valence-corrected chi connectivity index (χ1v) is 26.1. The van der Waals surface area contributed by atoms with Gasteiger partial charge in [0, 0.05) is 52.4 Å². The molecule has 2 nitrogen and oxygen atoms in total. The van der Waals surface area contributed by atoms with Crippen molar-refractivity contribution >= 4 is 66.3 Å². The maximum Gasteiger partial charge on any atom is 0.0541 e. The average molecular weight is 953 g/mol. The van der Waals surface area contributed by atoms with E-state index in [2.05, 4.69) is 276 Å². The van der Waals surface area contributed by atoms with Gasteiger partial charge in [-0.3, -0.25) is 0 Å². The zero-order valence-corrected chi connectivity index (χ0v) is 40.7. The van der Waals surface area contributed by atoms with Crippen molar-refractivity contribution in [3.8, 4) is 86.5 Å². The van der Waals surface area contributed by atoms with Crippen LogP contribution in [0.5, 0.6) is 0 Å². The van der Waals surface area contributed by atoms with E-state index < -0.39 is 0 Å². The summed E-state index contributed by atoms with van der Waals surface area (Å²) >= 11 is 3.74. The maximum atomic E-state index is 2.41. The van der Waals surface area contributed by atoms with E-state index >= 15 is 0 Å². The fraction of sp³-hybridized carbons (Fsp3) is 0. The Hall–Kier alpha value is -8.80. The topological polar surface area (TPSA) is 9.86 Å². The molecule has 0 radical (unpaired) electrons. The van der Waals surface area contributed by atoms with Crippen molar-refractivity contribution in [1.29, 1.82) is 0 Å². The minimum atomic E-state index is 1.16. The van der Waals surface area contributed by atoms with Crippen LogP contribution in [-0.4, -0.2) is 9.13 Å². The number of para-hydroxylation sites is 2. The summed E-state index contributed by atoms with van der Waals surface area (Å²) in [6.45, 7) is 0. The summed E-state index contributed by atoms with van der Waals surface area (Å²) < 4.78 is 4.81. The quantitative estimate of drug-likeness (QED) is 0.136. The lowest BCUT2D eigenvalue weighted by molar-refractivity contribution is 1.18. The maximum absolute atomic E-state index is 2.41. The summed E-state index contributed by atoms with van der Waals surface area (Å²) in [5.41, 5.74) is 19.4. The Morgan fingerprint density at radius 1 is 0.194 bits per heavy atom. The molecule has 0 unspecified atom stereocenters. The highest BCUT2D eigenvalue weighted by atomic mass is 32.1. The number of rotatable bonds is 9. The van der Waals surface area contributed by atoms with Crippen molar-refractivity contribution in [2.24, 2.45) is 0 Å². The predicted octanol–water partition coefficient (Wildman–Crippen LogP) is 19.7. The van der Waals surface area contributed by atoms with Crippen LogP contribution in [0.25, 0.3) is 130 Å². The highest BCUT2D eigenvalue weighted by Gasteiger charge is 2.17. The zero-order valence-electron chi connectivity index (χ0n) is 39.1. The second-order valence-electron chi connectivity index (χ2n) is 18.5. The molecule has 14 aromatic rings. The van der Waals surface area contributed by atoms with Gasteiger partial charge in [-0.2, -0.15) is 0 Å². The molecule has 0 aliphatic rings. The number of thiophene rings is 2. The van der Waals surface area contributed by atoms with E-state index in [1.807, 2.05) is 22.7 Å². The Balaban J connectivity index is 0.729. The molecule has 0 spiro atoms. The number of aromatic nitrogens is 2. The normalized spacial score (nSPS) is 11.6. The predicted molar refractivity (Wildman–Crippen MR) is 309 cm³/mol. The molecular weight excluding hydrogens is 909 g/mol. The Labute approximate surface area is 426 Å². The summed E-state index contributed by atoms with van der Waals surface area (Å²) in [6.07, 6.45) is 0. The van der Waals surface area contributed by atoms with E-state index in [0.717, 1.165) is 11.4 Å². The Morgan fingerprint density at radius 3 is 0.847 bits per heavy atom. The van der Waals surface area contributed by atoms with Gasteiger partial charge in [0.2, 0.25) is 0 Å². The van der Waals surface area contributed by atoms with Gasteiger partial charge in [-0.15, -0.1) is 22.7 Å². The summed E-state index contributed by atoms with van der Waals surface area (Å²) in [6, 6.07) is 97.6. The molecule has 0 saturated carbocycles. The minimum absolute atomic E-state index is 1.16. The molecular formula is C68H44N2S2. The lowest BCUT2D eigenvalue weighted by Crippen LogP contribution is -1.93. The van der Waals surface area contributed by atoms with Crippen molar-refractivity contribution in [3.63, 3.8) is 0 Å². The van der Waals surface area contributed by atoms with Crippen molar-refractivity contribution in [2.45, 2.75) is 0 Å². The van der Waals surface area contributed by atoms with Crippen LogP contribution in [0.4, 0.5) is 0 Å². The zero-order chi connectivity index (χ0) is 47.5. The fourth-order valence-electron chi connectivity index (χ4n) is 10.6. The van der Waals surface area contributed by atoms with E-state index in [0.29, 0.717) is 0 Å². The van der Waals surface area contributed by atoms with Gasteiger partial charge in [0.15, 0.2) is 0 Å². The largest absolute Gasteiger partial charge is 0.309 e. The third-order valence-corrected chi connectivity index (χ3v) is 16.7. The summed E-state index contributed by atoms with van der Waals surface area (Å²) in [7, 11) is 0. The van der Waals surface area contributed by atoms with Crippen LogP contribution in [-0.2, 0) is 0 Å². The molecule has 4 heterocycles. The molecule has 0 bridgehead atoms. The van der Waals surface area contributed by atoms with Crippen LogP contribution >= 0.6 is 22.7 Å². The summed E-state index contributed by atoms with van der Waals surface area (Å²) in [5, 5.41) is 5.04. The SMILES string of the molecule is c1ccc(-c2ccc(-c3ccc(-n4c5ccccc5c5cc(-c6ccc(-c7ccc(-c8ccc9c(c8)c8ccccc8n9-c8ccc(-c9ccc(-c%10ccccc%10)cc9)cc8)s7)s6)ccc54)cc3)cc2)cc1. The van der Waals surface area contributed by atoms with Gasteiger partial charge >= 0.3 is 0 Å². The first-order valence-electron chi connectivity index (χ1n) is 24.5. The van der Waals surface area contributed by atoms with Gasteiger partial charge in [-0.05, 0) is 141 Å². The van der Waals surface area contributed by atoms with Crippen LogP contribution in [0.15, 0.2) is 267 Å². The summed E-state index contributed by atoms with van der Waals surface area (Å²) in [5.74, 6) is 0. The Morgan fingerprint density at radius 2 is 0.472 bits per heavy atom. The number of fused-ring (bicyclic) bond motifs is 6. The third-order valence-electron chi connectivity index (χ3n) is 14.3. The fourth-order valence-corrected chi connectivity index (χ4v) is 12.7. The smallest absolute Gasteiger partial charge is 0.0541 e. The molecule has 4 aromatic heterocycles. The molecule has 0 amide bonds. The van der Waals surface area contributed by atoms with Crippen LogP contribution in [0.1, 0.15) is 0 Å². The van der Waals surface area contributed by atoms with Crippen molar-refractivity contribution < 1.29 is 0 Å². The molecule has 0 N–H and O–H groups in total. The first-order chi connectivity index (χ1) is 35.7. The van der Waals surface area contributed by atoms with E-state index in [-0.39, 0.29) is 0 Å². The second kappa shape index (κ2) is 17.6. The monoisotopic (exact) mass is 952 g/mol. The van der Waals surface area contributed by atoms with Crippen LogP contribution in [0.2, 0.25) is 0 Å². The van der Waals surface area contributed by atoms with E-state index in [1.54, 1.807) is 0 Å². The molecule has 0 fully saturated rings. The minimum Gasteiger partial charge on any atom is -0.309 e. The van der Waals surface area contributed by atoms with Crippen molar-refractivity contribution in [3.05, 3.63) is 267 Å². The molecule has 14 rings (SSSR count). The van der Waals surface area contributed by atoms with Gasteiger partial charge < -0.3 is 9.13 Å². The van der Waals surface area contributed by atoms with Gasteiger partial charge in [-0.25, -0.2) is 0 Å². The third kappa shape index (κ3) is 7.39. The lowest BCUT2D eigenvalue weighted by Gasteiger charge is -2.10.